The lowest BCUT2D eigenvalue weighted by Crippen LogP contribution is -2.30. The number of anilines is 1. The molecule has 1 aliphatic rings. The summed E-state index contributed by atoms with van der Waals surface area (Å²) in [4.78, 5) is 35.6. The number of methoxy groups -OCH3 is 2. The molecule has 0 bridgehead atoms. The molecule has 178 valence electrons. The van der Waals surface area contributed by atoms with Gasteiger partial charge in [-0.1, -0.05) is 6.07 Å². The highest BCUT2D eigenvalue weighted by Crippen LogP contribution is 2.44. The fraction of sp³-hybridized carbons (Fsp3) is 0.192. The van der Waals surface area contributed by atoms with Gasteiger partial charge < -0.3 is 24.0 Å². The maximum absolute atomic E-state index is 13.4. The van der Waals surface area contributed by atoms with Gasteiger partial charge in [0, 0.05) is 0 Å². The predicted molar refractivity (Wildman–Crippen MR) is 129 cm³/mol. The van der Waals surface area contributed by atoms with E-state index in [0.29, 0.717) is 5.52 Å². The lowest BCUT2D eigenvalue weighted by atomic mass is 9.98. The average Bonchev–Trinajstić information content (AvgIpc) is 3.57. The summed E-state index contributed by atoms with van der Waals surface area (Å²) in [5.41, 5.74) is 3.46. The van der Waals surface area contributed by atoms with Crippen molar-refractivity contribution in [2.75, 3.05) is 19.1 Å². The zero-order chi connectivity index (χ0) is 24.9. The third-order valence-corrected chi connectivity index (χ3v) is 6.23. The van der Waals surface area contributed by atoms with Gasteiger partial charge >= 0.3 is 5.91 Å². The number of furan rings is 1. The SMILES string of the molecule is COc1cccc(OC)c1/C(O)=C1\C(=O)C(=O)N(c2nc3cc(C)c(C)cc3[nH]2)C1c1ccco1. The maximum Gasteiger partial charge on any atom is 0.302 e. The maximum atomic E-state index is 13.4. The third kappa shape index (κ3) is 3.43. The Hall–Kier alpha value is -4.53. The van der Waals surface area contributed by atoms with Crippen molar-refractivity contribution in [1.82, 2.24) is 9.97 Å². The fourth-order valence-corrected chi connectivity index (χ4v) is 4.36. The first kappa shape index (κ1) is 22.3. The number of nitrogens with one attached hydrogen (secondary N) is 1. The molecule has 1 fully saturated rings. The van der Waals surface area contributed by atoms with Crippen molar-refractivity contribution in [2.45, 2.75) is 19.9 Å². The third-order valence-electron chi connectivity index (χ3n) is 6.23. The van der Waals surface area contributed by atoms with E-state index < -0.39 is 23.5 Å². The summed E-state index contributed by atoms with van der Waals surface area (Å²) in [6, 6.07) is 11.0. The van der Waals surface area contributed by atoms with Crippen LogP contribution < -0.4 is 14.4 Å². The molecule has 1 amide bonds. The topological polar surface area (TPSA) is 118 Å². The number of aromatic nitrogens is 2. The first-order valence-electron chi connectivity index (χ1n) is 10.9. The summed E-state index contributed by atoms with van der Waals surface area (Å²) in [6.45, 7) is 3.95. The van der Waals surface area contributed by atoms with E-state index in [4.69, 9.17) is 13.9 Å². The van der Waals surface area contributed by atoms with Gasteiger partial charge in [-0.3, -0.25) is 14.5 Å². The molecule has 0 saturated carbocycles. The number of Topliss-reactive ketones (excluding diaryl/α,β-unsaturated/α-hetero) is 1. The van der Waals surface area contributed by atoms with Crippen LogP contribution in [0.25, 0.3) is 16.8 Å². The number of amides is 1. The number of ether oxygens (including phenoxy) is 2. The molecule has 1 aliphatic heterocycles. The van der Waals surface area contributed by atoms with Crippen LogP contribution in [0.3, 0.4) is 0 Å². The van der Waals surface area contributed by atoms with Gasteiger partial charge in [-0.25, -0.2) is 4.98 Å². The normalized spacial score (nSPS) is 17.4. The lowest BCUT2D eigenvalue weighted by Gasteiger charge is -2.21. The summed E-state index contributed by atoms with van der Waals surface area (Å²) in [5, 5.41) is 11.4. The smallest absolute Gasteiger partial charge is 0.302 e. The van der Waals surface area contributed by atoms with Gasteiger partial charge in [0.25, 0.3) is 5.78 Å². The number of aromatic amines is 1. The van der Waals surface area contributed by atoms with E-state index >= 15 is 0 Å². The lowest BCUT2D eigenvalue weighted by molar-refractivity contribution is -0.132. The van der Waals surface area contributed by atoms with Crippen molar-refractivity contribution in [2.24, 2.45) is 0 Å². The van der Waals surface area contributed by atoms with Crippen LogP contribution in [0.15, 0.2) is 58.7 Å². The molecular formula is C26H23N3O6. The average molecular weight is 473 g/mol. The molecule has 9 heteroatoms. The van der Waals surface area contributed by atoms with Crippen LogP contribution in [-0.4, -0.2) is 41.0 Å². The predicted octanol–water partition coefficient (Wildman–Crippen LogP) is 4.42. The van der Waals surface area contributed by atoms with Crippen LogP contribution in [0.4, 0.5) is 5.95 Å². The zero-order valence-electron chi connectivity index (χ0n) is 19.6. The molecule has 1 unspecified atom stereocenters. The van der Waals surface area contributed by atoms with E-state index in [-0.39, 0.29) is 34.3 Å². The summed E-state index contributed by atoms with van der Waals surface area (Å²) in [7, 11) is 2.87. The first-order valence-corrected chi connectivity index (χ1v) is 10.9. The van der Waals surface area contributed by atoms with Crippen molar-refractivity contribution >= 4 is 34.4 Å². The van der Waals surface area contributed by atoms with Gasteiger partial charge in [0.15, 0.2) is 0 Å². The van der Waals surface area contributed by atoms with Crippen molar-refractivity contribution < 1.29 is 28.6 Å². The highest BCUT2D eigenvalue weighted by molar-refractivity contribution is 6.51. The monoisotopic (exact) mass is 473 g/mol. The van der Waals surface area contributed by atoms with Crippen LogP contribution in [0.2, 0.25) is 0 Å². The van der Waals surface area contributed by atoms with Gasteiger partial charge in [0.05, 0.1) is 37.1 Å². The summed E-state index contributed by atoms with van der Waals surface area (Å²) >= 11 is 0. The Labute approximate surface area is 200 Å². The number of ketones is 1. The Morgan fingerprint density at radius 3 is 2.37 bits per heavy atom. The van der Waals surface area contributed by atoms with Crippen molar-refractivity contribution in [3.05, 3.63) is 76.8 Å². The molecule has 0 aliphatic carbocycles. The number of hydrogen-bond donors (Lipinski definition) is 2. The van der Waals surface area contributed by atoms with Crippen molar-refractivity contribution in [3.63, 3.8) is 0 Å². The molecule has 2 N–H and O–H groups in total. The highest BCUT2D eigenvalue weighted by Gasteiger charge is 2.50. The number of benzene rings is 2. The van der Waals surface area contributed by atoms with Crippen LogP contribution in [-0.2, 0) is 9.59 Å². The number of aliphatic hydroxyl groups excluding tert-OH is 1. The highest BCUT2D eigenvalue weighted by atomic mass is 16.5. The van der Waals surface area contributed by atoms with E-state index in [1.807, 2.05) is 26.0 Å². The number of carbonyl (C=O) groups excluding carboxylic acids is 2. The van der Waals surface area contributed by atoms with E-state index in [2.05, 4.69) is 9.97 Å². The van der Waals surface area contributed by atoms with Crippen LogP contribution in [0, 0.1) is 13.8 Å². The second-order valence-electron chi connectivity index (χ2n) is 8.24. The van der Waals surface area contributed by atoms with E-state index in [9.17, 15) is 14.7 Å². The second-order valence-corrected chi connectivity index (χ2v) is 8.24. The first-order chi connectivity index (χ1) is 16.8. The molecule has 9 nitrogen and oxygen atoms in total. The molecule has 2 aromatic carbocycles. The zero-order valence-corrected chi connectivity index (χ0v) is 19.6. The minimum atomic E-state index is -1.07. The van der Waals surface area contributed by atoms with E-state index in [1.165, 1.54) is 25.4 Å². The van der Waals surface area contributed by atoms with E-state index in [0.717, 1.165) is 16.6 Å². The number of nitrogens with zero attached hydrogens (tertiary/aromatic N) is 2. The number of fused-ring (bicyclic) bond motifs is 1. The molecule has 2 aromatic heterocycles. The minimum absolute atomic E-state index is 0.155. The number of carbonyl (C=O) groups is 2. The number of hydrogen-bond acceptors (Lipinski definition) is 7. The van der Waals surface area contributed by atoms with Crippen molar-refractivity contribution in [3.8, 4) is 11.5 Å². The Morgan fingerprint density at radius 1 is 1.06 bits per heavy atom. The molecule has 3 heterocycles. The van der Waals surface area contributed by atoms with Crippen LogP contribution >= 0.6 is 0 Å². The molecular weight excluding hydrogens is 450 g/mol. The Morgan fingerprint density at radius 2 is 1.74 bits per heavy atom. The van der Waals surface area contributed by atoms with Gasteiger partial charge in [0.2, 0.25) is 5.95 Å². The van der Waals surface area contributed by atoms with Crippen LogP contribution in [0.1, 0.15) is 28.5 Å². The molecule has 1 saturated heterocycles. The number of H-pyrrole nitrogens is 1. The molecule has 0 radical (unpaired) electrons. The van der Waals surface area contributed by atoms with Crippen LogP contribution in [0.5, 0.6) is 11.5 Å². The van der Waals surface area contributed by atoms with Crippen molar-refractivity contribution in [1.29, 1.82) is 0 Å². The Bertz CT molecular complexity index is 1440. The molecule has 0 spiro atoms. The van der Waals surface area contributed by atoms with Gasteiger partial charge in [0.1, 0.15) is 34.6 Å². The number of aliphatic hydroxyl groups is 1. The van der Waals surface area contributed by atoms with Gasteiger partial charge in [-0.2, -0.15) is 0 Å². The molecule has 5 rings (SSSR count). The van der Waals surface area contributed by atoms with E-state index in [1.54, 1.807) is 30.3 Å². The minimum Gasteiger partial charge on any atom is -0.506 e. The molecule has 35 heavy (non-hydrogen) atoms. The van der Waals surface area contributed by atoms with Gasteiger partial charge in [-0.15, -0.1) is 0 Å². The van der Waals surface area contributed by atoms with Gasteiger partial charge in [-0.05, 0) is 61.4 Å². The summed E-state index contributed by atoms with van der Waals surface area (Å²) in [5.74, 6) is -1.17. The Balaban J connectivity index is 1.75. The summed E-state index contributed by atoms with van der Waals surface area (Å²) in [6.07, 6.45) is 1.44. The Kier molecular flexibility index (Phi) is 5.32. The number of rotatable bonds is 5. The number of aryl methyl sites for hydroxylation is 2. The standard InChI is InChI=1S/C26H23N3O6/c1-13-11-15-16(12-14(13)2)28-26(27-15)29-22(19-9-6-10-35-19)21(24(31)25(29)32)23(30)20-17(33-3)7-5-8-18(20)34-4/h5-12,22,30H,1-4H3,(H,27,28)/b23-21+. The molecule has 4 aromatic rings. The largest absolute Gasteiger partial charge is 0.506 e. The number of imidazole rings is 1. The molecule has 1 atom stereocenters. The fourth-order valence-electron chi connectivity index (χ4n) is 4.36. The quantitative estimate of drug-likeness (QED) is 0.250. The second kappa shape index (κ2) is 8.35. The summed E-state index contributed by atoms with van der Waals surface area (Å²) < 4.78 is 16.4.